The molecule has 0 N–H and O–H groups in total. The van der Waals surface area contributed by atoms with Crippen molar-refractivity contribution in [3.05, 3.63) is 16.4 Å². The van der Waals surface area contributed by atoms with Gasteiger partial charge in [-0.15, -0.1) is 0 Å². The molecular weight excluding hydrogens is 240 g/mol. The summed E-state index contributed by atoms with van der Waals surface area (Å²) in [6, 6.07) is 0. The Morgan fingerprint density at radius 2 is 2.18 bits per heavy atom. The zero-order valence-corrected chi connectivity index (χ0v) is 11.5. The van der Waals surface area contributed by atoms with Gasteiger partial charge < -0.3 is 4.74 Å². The average Bonchev–Trinajstić information content (AvgIpc) is 2.65. The third-order valence-electron chi connectivity index (χ3n) is 2.84. The molecule has 0 aliphatic heterocycles. The van der Waals surface area contributed by atoms with E-state index in [-0.39, 0.29) is 12.2 Å². The van der Waals surface area contributed by atoms with Crippen LogP contribution in [0.1, 0.15) is 32.2 Å². The Hall–Kier alpha value is -0.870. The van der Waals surface area contributed by atoms with Crippen LogP contribution >= 0.6 is 11.6 Å². The first-order chi connectivity index (χ1) is 8.04. The summed E-state index contributed by atoms with van der Waals surface area (Å²) in [5.74, 6) is 0.0200. The lowest BCUT2D eigenvalue weighted by molar-refractivity contribution is -0.127. The van der Waals surface area contributed by atoms with Crippen LogP contribution in [0.15, 0.2) is 0 Å². The minimum absolute atomic E-state index is 0.0200. The number of methoxy groups -OCH3 is 1. The van der Waals surface area contributed by atoms with E-state index in [1.807, 2.05) is 13.8 Å². The number of aromatic nitrogens is 2. The fraction of sp³-hybridized carbons (Fsp3) is 0.667. The number of carbonyl (C=O) groups excluding carboxylic acids is 1. The second kappa shape index (κ2) is 6.17. The highest BCUT2D eigenvalue weighted by Gasteiger charge is 2.20. The number of halogens is 1. The molecule has 5 heteroatoms. The summed E-state index contributed by atoms with van der Waals surface area (Å²) >= 11 is 6.22. The molecule has 0 fully saturated rings. The summed E-state index contributed by atoms with van der Waals surface area (Å²) < 4.78 is 6.80. The number of ketones is 1. The van der Waals surface area contributed by atoms with Crippen molar-refractivity contribution in [3.8, 4) is 0 Å². The van der Waals surface area contributed by atoms with E-state index in [9.17, 15) is 4.79 Å². The molecule has 1 heterocycles. The Morgan fingerprint density at radius 3 is 2.65 bits per heavy atom. The summed E-state index contributed by atoms with van der Waals surface area (Å²) in [4.78, 5) is 11.8. The van der Waals surface area contributed by atoms with Crippen LogP contribution in [0.3, 0.4) is 0 Å². The molecule has 17 heavy (non-hydrogen) atoms. The van der Waals surface area contributed by atoms with Gasteiger partial charge in [-0.2, -0.15) is 5.10 Å². The number of hydrogen-bond acceptors (Lipinski definition) is 3. The Labute approximate surface area is 107 Å². The average molecular weight is 259 g/mol. The van der Waals surface area contributed by atoms with Crippen molar-refractivity contribution in [3.63, 3.8) is 0 Å². The Balaban J connectivity index is 2.97. The number of rotatable bonds is 6. The predicted octanol–water partition coefficient (Wildman–Crippen LogP) is 2.27. The molecule has 0 aliphatic carbocycles. The van der Waals surface area contributed by atoms with Gasteiger partial charge in [0.25, 0.3) is 0 Å². The minimum atomic E-state index is -0.406. The molecule has 0 saturated carbocycles. The zero-order valence-electron chi connectivity index (χ0n) is 10.8. The summed E-state index contributed by atoms with van der Waals surface area (Å²) in [6.07, 6.45) is 0.637. The number of aryl methyl sites for hydroxylation is 2. The summed E-state index contributed by atoms with van der Waals surface area (Å²) in [5, 5.41) is 4.99. The lowest BCUT2D eigenvalue weighted by atomic mass is 10.1. The molecule has 0 amide bonds. The van der Waals surface area contributed by atoms with Crippen molar-refractivity contribution in [2.24, 2.45) is 0 Å². The molecule has 0 saturated heterocycles. The van der Waals surface area contributed by atoms with Gasteiger partial charge in [-0.3, -0.25) is 9.48 Å². The Morgan fingerprint density at radius 1 is 1.53 bits per heavy atom. The zero-order chi connectivity index (χ0) is 13.0. The van der Waals surface area contributed by atoms with E-state index in [2.05, 4.69) is 5.10 Å². The molecule has 0 bridgehead atoms. The highest BCUT2D eigenvalue weighted by Crippen LogP contribution is 2.22. The van der Waals surface area contributed by atoms with Gasteiger partial charge in [-0.05, 0) is 20.3 Å². The number of Topliss-reactive ketones (excluding diaryl/α,β-unsaturated/α-hetero) is 1. The van der Waals surface area contributed by atoms with Gasteiger partial charge in [0.2, 0.25) is 0 Å². The van der Waals surface area contributed by atoms with E-state index in [1.54, 1.807) is 11.6 Å². The highest BCUT2D eigenvalue weighted by atomic mass is 35.5. The van der Waals surface area contributed by atoms with Gasteiger partial charge in [-0.1, -0.05) is 18.5 Å². The molecule has 0 aromatic carbocycles. The van der Waals surface area contributed by atoms with Crippen LogP contribution in [0, 0.1) is 0 Å². The number of ether oxygens (including phenoxy) is 1. The molecule has 0 radical (unpaired) electrons. The van der Waals surface area contributed by atoms with Gasteiger partial charge in [0.15, 0.2) is 5.78 Å². The van der Waals surface area contributed by atoms with Crippen LogP contribution < -0.4 is 0 Å². The molecule has 96 valence electrons. The maximum atomic E-state index is 11.8. The Bertz CT molecular complexity index is 401. The van der Waals surface area contributed by atoms with Gasteiger partial charge in [0, 0.05) is 13.7 Å². The second-order valence-corrected chi connectivity index (χ2v) is 4.28. The van der Waals surface area contributed by atoms with Crippen LogP contribution in [0.5, 0.6) is 0 Å². The number of hydrogen-bond donors (Lipinski definition) is 0. The molecule has 1 aromatic heterocycles. The van der Waals surface area contributed by atoms with Crippen LogP contribution in [-0.4, -0.2) is 28.8 Å². The maximum Gasteiger partial charge on any atom is 0.167 e. The van der Waals surface area contributed by atoms with E-state index in [0.29, 0.717) is 11.6 Å². The first-order valence-electron chi connectivity index (χ1n) is 5.84. The molecule has 0 aliphatic rings. The van der Waals surface area contributed by atoms with Crippen molar-refractivity contribution in [2.75, 3.05) is 7.11 Å². The first kappa shape index (κ1) is 14.2. The van der Waals surface area contributed by atoms with E-state index >= 15 is 0 Å². The second-order valence-electron chi connectivity index (χ2n) is 3.90. The molecule has 1 rings (SSSR count). The number of carbonyl (C=O) groups is 1. The highest BCUT2D eigenvalue weighted by molar-refractivity contribution is 6.32. The van der Waals surface area contributed by atoms with Crippen LogP contribution in [-0.2, 0) is 28.9 Å². The minimum Gasteiger partial charge on any atom is -0.374 e. The van der Waals surface area contributed by atoms with Gasteiger partial charge in [0.1, 0.15) is 6.10 Å². The molecule has 0 spiro atoms. The van der Waals surface area contributed by atoms with E-state index < -0.39 is 6.10 Å². The topological polar surface area (TPSA) is 44.1 Å². The van der Waals surface area contributed by atoms with E-state index in [4.69, 9.17) is 16.3 Å². The first-order valence-corrected chi connectivity index (χ1v) is 6.22. The smallest absolute Gasteiger partial charge is 0.167 e. The normalized spacial score (nSPS) is 12.8. The van der Waals surface area contributed by atoms with Crippen molar-refractivity contribution >= 4 is 17.4 Å². The van der Waals surface area contributed by atoms with Gasteiger partial charge >= 0.3 is 0 Å². The third kappa shape index (κ3) is 3.07. The quantitative estimate of drug-likeness (QED) is 0.786. The van der Waals surface area contributed by atoms with E-state index in [1.165, 1.54) is 7.11 Å². The lowest BCUT2D eigenvalue weighted by Gasteiger charge is -2.09. The summed E-state index contributed by atoms with van der Waals surface area (Å²) in [5.41, 5.74) is 1.64. The molecule has 1 unspecified atom stereocenters. The molecule has 4 nitrogen and oxygen atoms in total. The molecule has 1 atom stereocenters. The summed E-state index contributed by atoms with van der Waals surface area (Å²) in [7, 11) is 1.53. The Kier molecular flexibility index (Phi) is 5.15. The van der Waals surface area contributed by atoms with Gasteiger partial charge in [0.05, 0.1) is 22.8 Å². The van der Waals surface area contributed by atoms with Crippen LogP contribution in [0.2, 0.25) is 5.02 Å². The van der Waals surface area contributed by atoms with Crippen molar-refractivity contribution < 1.29 is 9.53 Å². The largest absolute Gasteiger partial charge is 0.374 e. The standard InChI is InChI=1S/C12H19ClN2O2/c1-5-9-12(13)10(15(6-2)14-9)7-11(16)8(3)17-4/h8H,5-7H2,1-4H3. The van der Waals surface area contributed by atoms with Crippen molar-refractivity contribution in [1.29, 1.82) is 0 Å². The van der Waals surface area contributed by atoms with Crippen LogP contribution in [0.25, 0.3) is 0 Å². The SMILES string of the molecule is CCc1nn(CC)c(CC(=O)C(C)OC)c1Cl. The predicted molar refractivity (Wildman–Crippen MR) is 67.5 cm³/mol. The van der Waals surface area contributed by atoms with Crippen molar-refractivity contribution in [1.82, 2.24) is 9.78 Å². The van der Waals surface area contributed by atoms with Crippen molar-refractivity contribution in [2.45, 2.75) is 46.3 Å². The fourth-order valence-electron chi connectivity index (χ4n) is 1.63. The maximum absolute atomic E-state index is 11.8. The number of nitrogens with zero attached hydrogens (tertiary/aromatic N) is 2. The third-order valence-corrected chi connectivity index (χ3v) is 3.28. The fourth-order valence-corrected chi connectivity index (χ4v) is 1.96. The summed E-state index contributed by atoms with van der Waals surface area (Å²) in [6.45, 7) is 6.43. The van der Waals surface area contributed by atoms with Crippen LogP contribution in [0.4, 0.5) is 0 Å². The molecule has 1 aromatic rings. The lowest BCUT2D eigenvalue weighted by Crippen LogP contribution is -2.22. The molecular formula is C12H19ClN2O2. The van der Waals surface area contributed by atoms with Gasteiger partial charge in [-0.25, -0.2) is 0 Å². The van der Waals surface area contributed by atoms with E-state index in [0.717, 1.165) is 17.8 Å². The monoisotopic (exact) mass is 258 g/mol.